The smallest absolute Gasteiger partial charge is 0.311 e. The Balaban J connectivity index is 2.01. The summed E-state index contributed by atoms with van der Waals surface area (Å²) in [6, 6.07) is 7.44. The number of thiol groups is 1. The fourth-order valence-corrected chi connectivity index (χ4v) is 3.87. The molecule has 0 aromatic heterocycles. The van der Waals surface area contributed by atoms with Crippen LogP contribution in [0.25, 0.3) is 0 Å². The van der Waals surface area contributed by atoms with Gasteiger partial charge in [-0.05, 0) is 49.8 Å². The predicted molar refractivity (Wildman–Crippen MR) is 135 cm³/mol. The molecule has 182 valence electrons. The zero-order chi connectivity index (χ0) is 23.4. The lowest BCUT2D eigenvalue weighted by molar-refractivity contribution is -0.149. The molecule has 32 heavy (non-hydrogen) atoms. The number of hydrogen-bond donors (Lipinski definition) is 1. The van der Waals surface area contributed by atoms with Gasteiger partial charge in [-0.15, -0.1) is 0 Å². The van der Waals surface area contributed by atoms with Gasteiger partial charge in [0.05, 0.1) is 0 Å². The summed E-state index contributed by atoms with van der Waals surface area (Å²) in [7, 11) is 0. The summed E-state index contributed by atoms with van der Waals surface area (Å²) in [5.74, 6) is 1.00. The molecule has 1 unspecified atom stereocenters. The van der Waals surface area contributed by atoms with Crippen LogP contribution in [0.3, 0.4) is 0 Å². The van der Waals surface area contributed by atoms with Gasteiger partial charge < -0.3 is 9.47 Å². The Morgan fingerprint density at radius 3 is 1.94 bits per heavy atom. The largest absolute Gasteiger partial charge is 0.462 e. The van der Waals surface area contributed by atoms with Crippen LogP contribution in [0.5, 0.6) is 5.75 Å². The van der Waals surface area contributed by atoms with Gasteiger partial charge in [0, 0.05) is 18.6 Å². The first-order valence-corrected chi connectivity index (χ1v) is 13.3. The first-order chi connectivity index (χ1) is 15.6. The zero-order valence-corrected chi connectivity index (χ0v) is 21.2. The van der Waals surface area contributed by atoms with Crippen LogP contribution in [-0.4, -0.2) is 18.0 Å². The molecule has 1 rings (SSSR count). The van der Waals surface area contributed by atoms with Gasteiger partial charge in [-0.2, -0.15) is 12.6 Å². The highest BCUT2D eigenvalue weighted by molar-refractivity contribution is 7.79. The van der Waals surface area contributed by atoms with Gasteiger partial charge in [0.1, 0.15) is 11.9 Å². The Labute approximate surface area is 201 Å². The van der Waals surface area contributed by atoms with Crippen LogP contribution in [0.2, 0.25) is 0 Å². The number of carbonyl (C=O) groups is 2. The Hall–Kier alpha value is -1.49. The maximum absolute atomic E-state index is 12.1. The summed E-state index contributed by atoms with van der Waals surface area (Å²) >= 11 is 4.22. The van der Waals surface area contributed by atoms with Crippen molar-refractivity contribution >= 4 is 24.6 Å². The predicted octanol–water partition coefficient (Wildman–Crippen LogP) is 7.82. The van der Waals surface area contributed by atoms with E-state index in [0.29, 0.717) is 24.3 Å². The van der Waals surface area contributed by atoms with E-state index in [1.807, 2.05) is 12.1 Å². The van der Waals surface area contributed by atoms with Crippen LogP contribution >= 0.6 is 12.6 Å². The van der Waals surface area contributed by atoms with Gasteiger partial charge in [0.25, 0.3) is 0 Å². The number of carbonyl (C=O) groups excluding carboxylic acids is 2. The van der Waals surface area contributed by atoms with Gasteiger partial charge in [0.2, 0.25) is 0 Å². The normalized spacial score (nSPS) is 11.8. The number of esters is 2. The van der Waals surface area contributed by atoms with E-state index < -0.39 is 0 Å². The number of unbranched alkanes of at least 4 members (excludes halogenated alkanes) is 9. The highest BCUT2D eigenvalue weighted by atomic mass is 32.1. The van der Waals surface area contributed by atoms with Crippen LogP contribution in [-0.2, 0) is 20.1 Å². The Bertz CT molecular complexity index is 615. The van der Waals surface area contributed by atoms with Crippen molar-refractivity contribution in [1.82, 2.24) is 0 Å². The molecule has 0 saturated carbocycles. The molecule has 1 atom stereocenters. The van der Waals surface area contributed by atoms with Crippen LogP contribution in [0.4, 0.5) is 0 Å². The fourth-order valence-electron chi connectivity index (χ4n) is 3.66. The second-order valence-corrected chi connectivity index (χ2v) is 8.94. The van der Waals surface area contributed by atoms with Crippen LogP contribution < -0.4 is 4.74 Å². The maximum Gasteiger partial charge on any atom is 0.311 e. The molecule has 0 spiro atoms. The topological polar surface area (TPSA) is 52.6 Å². The molecule has 1 aromatic carbocycles. The molecule has 0 aliphatic heterocycles. The van der Waals surface area contributed by atoms with E-state index in [1.165, 1.54) is 32.1 Å². The molecular formula is C27H44O4S. The van der Waals surface area contributed by atoms with Crippen molar-refractivity contribution in [1.29, 1.82) is 0 Å². The zero-order valence-electron chi connectivity index (χ0n) is 20.3. The van der Waals surface area contributed by atoms with E-state index in [1.54, 1.807) is 12.1 Å². The van der Waals surface area contributed by atoms with E-state index in [-0.39, 0.29) is 18.0 Å². The number of rotatable bonds is 19. The van der Waals surface area contributed by atoms with E-state index in [9.17, 15) is 9.59 Å². The summed E-state index contributed by atoms with van der Waals surface area (Å²) in [5, 5.41) is 0. The molecule has 0 N–H and O–H groups in total. The quantitative estimate of drug-likeness (QED) is 0.0981. The second-order valence-electron chi connectivity index (χ2n) is 8.62. The average molecular weight is 465 g/mol. The van der Waals surface area contributed by atoms with Gasteiger partial charge in [-0.3, -0.25) is 9.59 Å². The van der Waals surface area contributed by atoms with E-state index >= 15 is 0 Å². The first kappa shape index (κ1) is 28.5. The molecule has 0 heterocycles. The molecule has 0 saturated heterocycles. The Kier molecular flexibility index (Phi) is 17.0. The molecule has 0 radical (unpaired) electrons. The van der Waals surface area contributed by atoms with E-state index in [4.69, 9.17) is 9.47 Å². The third-order valence-electron chi connectivity index (χ3n) is 5.73. The van der Waals surface area contributed by atoms with E-state index in [2.05, 4.69) is 26.5 Å². The highest BCUT2D eigenvalue weighted by Gasteiger charge is 2.12. The molecule has 0 fully saturated rings. The molecular weight excluding hydrogens is 420 g/mol. The lowest BCUT2D eigenvalue weighted by Crippen LogP contribution is -2.17. The number of benzene rings is 1. The molecule has 0 bridgehead atoms. The Morgan fingerprint density at radius 1 is 0.781 bits per heavy atom. The van der Waals surface area contributed by atoms with Crippen molar-refractivity contribution in [2.24, 2.45) is 0 Å². The van der Waals surface area contributed by atoms with Gasteiger partial charge in [-0.1, -0.05) is 77.3 Å². The van der Waals surface area contributed by atoms with Crippen molar-refractivity contribution in [3.63, 3.8) is 0 Å². The molecule has 0 aliphatic carbocycles. The second kappa shape index (κ2) is 19.0. The maximum atomic E-state index is 12.1. The highest BCUT2D eigenvalue weighted by Crippen LogP contribution is 2.16. The lowest BCUT2D eigenvalue weighted by Gasteiger charge is -2.16. The monoisotopic (exact) mass is 464 g/mol. The third-order valence-corrected chi connectivity index (χ3v) is 6.10. The minimum Gasteiger partial charge on any atom is -0.462 e. The van der Waals surface area contributed by atoms with E-state index in [0.717, 1.165) is 56.9 Å². The summed E-state index contributed by atoms with van der Waals surface area (Å²) < 4.78 is 11.0. The van der Waals surface area contributed by atoms with Gasteiger partial charge in [-0.25, -0.2) is 0 Å². The average Bonchev–Trinajstić information content (AvgIpc) is 2.80. The van der Waals surface area contributed by atoms with Crippen molar-refractivity contribution in [3.05, 3.63) is 29.8 Å². The SMILES string of the molecule is CCCCCCCCC(CC)OC(=O)CCCCCCCC(=O)Oc1ccc(CS)cc1. The van der Waals surface area contributed by atoms with Crippen molar-refractivity contribution in [2.75, 3.05) is 0 Å². The van der Waals surface area contributed by atoms with Gasteiger partial charge >= 0.3 is 11.9 Å². The molecule has 1 aromatic rings. The summed E-state index contributed by atoms with van der Waals surface area (Å²) in [6.45, 7) is 4.33. The van der Waals surface area contributed by atoms with Gasteiger partial charge in [0.15, 0.2) is 0 Å². The van der Waals surface area contributed by atoms with Crippen LogP contribution in [0.1, 0.15) is 116 Å². The number of ether oxygens (including phenoxy) is 2. The number of hydrogen-bond acceptors (Lipinski definition) is 5. The fraction of sp³-hybridized carbons (Fsp3) is 0.704. The molecule has 5 heteroatoms. The summed E-state index contributed by atoms with van der Waals surface area (Å²) in [5.41, 5.74) is 1.10. The van der Waals surface area contributed by atoms with Crippen molar-refractivity contribution in [2.45, 2.75) is 122 Å². The third kappa shape index (κ3) is 14.5. The summed E-state index contributed by atoms with van der Waals surface area (Å²) in [6.07, 6.45) is 15.1. The molecule has 0 aliphatic rings. The van der Waals surface area contributed by atoms with Crippen LogP contribution in [0, 0.1) is 0 Å². The standard InChI is InChI=1S/C27H44O4S/c1-3-5-6-7-9-12-15-24(4-2)30-26(28)16-13-10-8-11-14-17-27(29)31-25-20-18-23(22-32)19-21-25/h18-21,24,32H,3-17,22H2,1-2H3. The minimum absolute atomic E-state index is 0.0599. The lowest BCUT2D eigenvalue weighted by atomic mass is 10.1. The minimum atomic E-state index is -0.192. The van der Waals surface area contributed by atoms with Crippen molar-refractivity contribution in [3.8, 4) is 5.75 Å². The first-order valence-electron chi connectivity index (χ1n) is 12.7. The Morgan fingerprint density at radius 2 is 1.34 bits per heavy atom. The molecule has 0 amide bonds. The summed E-state index contributed by atoms with van der Waals surface area (Å²) in [4.78, 5) is 24.0. The molecule has 4 nitrogen and oxygen atoms in total. The van der Waals surface area contributed by atoms with Crippen LogP contribution in [0.15, 0.2) is 24.3 Å². The van der Waals surface area contributed by atoms with Crippen molar-refractivity contribution < 1.29 is 19.1 Å².